The molecule has 0 aromatic heterocycles. The highest BCUT2D eigenvalue weighted by atomic mass is 32.1. The molecule has 2 aromatic rings. The quantitative estimate of drug-likeness (QED) is 0.771. The fraction of sp³-hybridized carbons (Fsp3) is 0.381. The summed E-state index contributed by atoms with van der Waals surface area (Å²) in [6.45, 7) is 4.66. The molecule has 1 saturated heterocycles. The van der Waals surface area contributed by atoms with Gasteiger partial charge in [-0.25, -0.2) is 0 Å². The molecule has 3 rings (SSSR count). The van der Waals surface area contributed by atoms with Gasteiger partial charge in [-0.15, -0.1) is 0 Å². The van der Waals surface area contributed by atoms with Crippen molar-refractivity contribution in [1.29, 1.82) is 0 Å². The number of nitrogens with zero attached hydrogens (tertiary/aromatic N) is 2. The Morgan fingerprint density at radius 2 is 1.67 bits per heavy atom. The zero-order valence-electron chi connectivity index (χ0n) is 16.0. The van der Waals surface area contributed by atoms with Crippen molar-refractivity contribution in [2.45, 2.75) is 6.42 Å². The van der Waals surface area contributed by atoms with Crippen LogP contribution in [0.15, 0.2) is 48.5 Å². The summed E-state index contributed by atoms with van der Waals surface area (Å²) in [5, 5.41) is 4.22. The molecule has 0 bridgehead atoms. The van der Waals surface area contributed by atoms with Crippen molar-refractivity contribution < 1.29 is 9.47 Å². The van der Waals surface area contributed by atoms with Crippen molar-refractivity contribution in [3.8, 4) is 11.5 Å². The van der Waals surface area contributed by atoms with Gasteiger partial charge < -0.3 is 24.6 Å². The fourth-order valence-electron chi connectivity index (χ4n) is 3.27. The summed E-state index contributed by atoms with van der Waals surface area (Å²) >= 11 is 5.58. The van der Waals surface area contributed by atoms with Crippen LogP contribution in [0.1, 0.15) is 5.56 Å². The van der Waals surface area contributed by atoms with E-state index in [1.165, 1.54) is 11.3 Å². The smallest absolute Gasteiger partial charge is 0.169 e. The first kappa shape index (κ1) is 19.3. The summed E-state index contributed by atoms with van der Waals surface area (Å²) in [6, 6.07) is 16.6. The second-order valence-electron chi connectivity index (χ2n) is 6.48. The first-order valence-electron chi connectivity index (χ1n) is 9.25. The predicted octanol–water partition coefficient (Wildman–Crippen LogP) is 2.94. The van der Waals surface area contributed by atoms with Gasteiger partial charge in [0.05, 0.1) is 14.2 Å². The summed E-state index contributed by atoms with van der Waals surface area (Å²) in [7, 11) is 3.30. The van der Waals surface area contributed by atoms with E-state index < -0.39 is 0 Å². The van der Waals surface area contributed by atoms with E-state index >= 15 is 0 Å². The molecule has 2 aromatic carbocycles. The molecule has 0 saturated carbocycles. The molecule has 6 heteroatoms. The van der Waals surface area contributed by atoms with Crippen molar-refractivity contribution in [2.24, 2.45) is 0 Å². The second kappa shape index (κ2) is 9.46. The molecule has 1 aliphatic heterocycles. The largest absolute Gasteiger partial charge is 0.493 e. The van der Waals surface area contributed by atoms with Crippen LogP contribution >= 0.6 is 12.2 Å². The molecule has 0 unspecified atom stereocenters. The molecular weight excluding hydrogens is 358 g/mol. The third kappa shape index (κ3) is 5.04. The number of nitrogens with one attached hydrogen (secondary N) is 1. The minimum Gasteiger partial charge on any atom is -0.493 e. The van der Waals surface area contributed by atoms with Gasteiger partial charge in [0.1, 0.15) is 0 Å². The molecule has 144 valence electrons. The number of thiocarbonyl (C=S) groups is 1. The Kier molecular flexibility index (Phi) is 6.76. The van der Waals surface area contributed by atoms with E-state index in [0.29, 0.717) is 0 Å². The standard InChI is InChI=1S/C21H27N3O2S/c1-25-19-9-8-17(16-20(19)26-2)10-11-22-21(27)24-14-12-23(13-15-24)18-6-4-3-5-7-18/h3-9,16H,10-15H2,1-2H3,(H,22,27). The van der Waals surface area contributed by atoms with Gasteiger partial charge in [-0.2, -0.15) is 0 Å². The minimum absolute atomic E-state index is 0.751. The van der Waals surface area contributed by atoms with E-state index in [9.17, 15) is 0 Å². The van der Waals surface area contributed by atoms with Crippen LogP contribution in [0.25, 0.3) is 0 Å². The Hall–Kier alpha value is -2.47. The second-order valence-corrected chi connectivity index (χ2v) is 6.87. The van der Waals surface area contributed by atoms with Crippen molar-refractivity contribution in [1.82, 2.24) is 10.2 Å². The van der Waals surface area contributed by atoms with Gasteiger partial charge in [-0.3, -0.25) is 0 Å². The van der Waals surface area contributed by atoms with E-state index in [4.69, 9.17) is 21.7 Å². The van der Waals surface area contributed by atoms with Crippen molar-refractivity contribution in [3.63, 3.8) is 0 Å². The summed E-state index contributed by atoms with van der Waals surface area (Å²) in [4.78, 5) is 4.66. The number of piperazine rings is 1. The molecule has 0 atom stereocenters. The van der Waals surface area contributed by atoms with Crippen molar-refractivity contribution in [3.05, 3.63) is 54.1 Å². The van der Waals surface area contributed by atoms with Crippen LogP contribution in [-0.2, 0) is 6.42 Å². The third-order valence-corrected chi connectivity index (χ3v) is 5.23. The zero-order valence-corrected chi connectivity index (χ0v) is 16.8. The molecule has 1 N–H and O–H groups in total. The fourth-order valence-corrected chi connectivity index (χ4v) is 3.55. The first-order chi connectivity index (χ1) is 13.2. The number of ether oxygens (including phenoxy) is 2. The Bertz CT molecular complexity index is 746. The summed E-state index contributed by atoms with van der Waals surface area (Å²) in [5.41, 5.74) is 2.47. The van der Waals surface area contributed by atoms with E-state index in [0.717, 1.165) is 55.8 Å². The first-order valence-corrected chi connectivity index (χ1v) is 9.66. The molecule has 1 heterocycles. The Balaban J connectivity index is 1.44. The number of anilines is 1. The maximum atomic E-state index is 5.58. The van der Waals surface area contributed by atoms with Gasteiger partial charge in [-0.1, -0.05) is 24.3 Å². The number of hydrogen-bond acceptors (Lipinski definition) is 4. The van der Waals surface area contributed by atoms with E-state index in [2.05, 4.69) is 51.5 Å². The summed E-state index contributed by atoms with van der Waals surface area (Å²) in [6.07, 6.45) is 0.879. The molecule has 0 amide bonds. The van der Waals surface area contributed by atoms with Gasteiger partial charge in [-0.05, 0) is 48.5 Å². The average Bonchev–Trinajstić information content (AvgIpc) is 2.74. The van der Waals surface area contributed by atoms with Gasteiger partial charge in [0, 0.05) is 38.4 Å². The van der Waals surface area contributed by atoms with Crippen LogP contribution in [0, 0.1) is 0 Å². The average molecular weight is 386 g/mol. The Morgan fingerprint density at radius 1 is 0.963 bits per heavy atom. The highest BCUT2D eigenvalue weighted by Gasteiger charge is 2.18. The summed E-state index contributed by atoms with van der Waals surface area (Å²) in [5.74, 6) is 1.51. The van der Waals surface area contributed by atoms with Crippen molar-refractivity contribution >= 4 is 23.0 Å². The molecule has 5 nitrogen and oxygen atoms in total. The maximum absolute atomic E-state index is 5.58. The third-order valence-electron chi connectivity index (χ3n) is 4.83. The lowest BCUT2D eigenvalue weighted by molar-refractivity contribution is 0.354. The highest BCUT2D eigenvalue weighted by molar-refractivity contribution is 7.80. The van der Waals surface area contributed by atoms with Gasteiger partial charge in [0.15, 0.2) is 16.6 Å². The Labute approximate surface area is 166 Å². The van der Waals surface area contributed by atoms with Gasteiger partial charge >= 0.3 is 0 Å². The molecular formula is C21H27N3O2S. The van der Waals surface area contributed by atoms with Crippen LogP contribution in [0.3, 0.4) is 0 Å². The van der Waals surface area contributed by atoms with Gasteiger partial charge in [0.2, 0.25) is 0 Å². The summed E-state index contributed by atoms with van der Waals surface area (Å²) < 4.78 is 10.6. The number of rotatable bonds is 6. The van der Waals surface area contributed by atoms with E-state index in [1.807, 2.05) is 12.1 Å². The topological polar surface area (TPSA) is 37.0 Å². The van der Waals surface area contributed by atoms with Gasteiger partial charge in [0.25, 0.3) is 0 Å². The maximum Gasteiger partial charge on any atom is 0.169 e. The van der Waals surface area contributed by atoms with Crippen LogP contribution in [0.5, 0.6) is 11.5 Å². The van der Waals surface area contributed by atoms with Crippen LogP contribution in [0.2, 0.25) is 0 Å². The molecule has 1 aliphatic rings. The lowest BCUT2D eigenvalue weighted by atomic mass is 10.1. The lowest BCUT2D eigenvalue weighted by Crippen LogP contribution is -2.52. The predicted molar refractivity (Wildman–Crippen MR) is 114 cm³/mol. The monoisotopic (exact) mass is 385 g/mol. The Morgan fingerprint density at radius 3 is 2.33 bits per heavy atom. The highest BCUT2D eigenvalue weighted by Crippen LogP contribution is 2.27. The lowest BCUT2D eigenvalue weighted by Gasteiger charge is -2.37. The number of para-hydroxylation sites is 1. The van der Waals surface area contributed by atoms with Crippen LogP contribution in [0.4, 0.5) is 5.69 Å². The number of hydrogen-bond donors (Lipinski definition) is 1. The number of benzene rings is 2. The van der Waals surface area contributed by atoms with E-state index in [1.54, 1.807) is 14.2 Å². The normalized spacial score (nSPS) is 14.0. The van der Waals surface area contributed by atoms with E-state index in [-0.39, 0.29) is 0 Å². The molecule has 1 fully saturated rings. The molecule has 0 spiro atoms. The van der Waals surface area contributed by atoms with Crippen molar-refractivity contribution in [2.75, 3.05) is 51.8 Å². The van der Waals surface area contributed by atoms with Crippen LogP contribution in [-0.4, -0.2) is 57.0 Å². The minimum atomic E-state index is 0.751. The number of methoxy groups -OCH3 is 2. The SMILES string of the molecule is COc1ccc(CCNC(=S)N2CCN(c3ccccc3)CC2)cc1OC. The van der Waals surface area contributed by atoms with Crippen LogP contribution < -0.4 is 19.7 Å². The zero-order chi connectivity index (χ0) is 19.1. The molecule has 0 radical (unpaired) electrons. The molecule has 27 heavy (non-hydrogen) atoms. The molecule has 0 aliphatic carbocycles.